The van der Waals surface area contributed by atoms with Gasteiger partial charge in [-0.3, -0.25) is 19.3 Å². The number of carbonyl (C=O) groups excluding carboxylic acids is 3. The average Bonchev–Trinajstić information content (AvgIpc) is 3.04. The van der Waals surface area contributed by atoms with Gasteiger partial charge in [-0.05, 0) is 80.6 Å². The first-order chi connectivity index (χ1) is 15.4. The van der Waals surface area contributed by atoms with E-state index in [1.165, 1.54) is 0 Å². The van der Waals surface area contributed by atoms with Crippen molar-refractivity contribution >= 4 is 46.3 Å². The number of thioether (sulfide) groups is 1. The molecule has 1 heterocycles. The number of hydrogen-bond acceptors (Lipinski definition) is 6. The SMILES string of the molecule is CCOc1ccc(NC(=O)CN2C(=O)S/C(=C/c3ccc(N(CC)CC)cc3)C2=O)cc1. The Morgan fingerprint density at radius 1 is 1.03 bits per heavy atom. The van der Waals surface area contributed by atoms with Crippen LogP contribution in [0.4, 0.5) is 16.2 Å². The van der Waals surface area contributed by atoms with Gasteiger partial charge in [0.25, 0.3) is 11.1 Å². The molecular formula is C24H27N3O4S. The number of carbonyl (C=O) groups is 3. The molecule has 32 heavy (non-hydrogen) atoms. The fourth-order valence-electron chi connectivity index (χ4n) is 3.30. The summed E-state index contributed by atoms with van der Waals surface area (Å²) in [6.45, 7) is 8.12. The number of benzene rings is 2. The largest absolute Gasteiger partial charge is 0.494 e. The predicted molar refractivity (Wildman–Crippen MR) is 129 cm³/mol. The van der Waals surface area contributed by atoms with Crippen LogP contribution in [0.2, 0.25) is 0 Å². The molecule has 0 saturated carbocycles. The lowest BCUT2D eigenvalue weighted by molar-refractivity contribution is -0.127. The minimum absolute atomic E-state index is 0.305. The molecule has 2 aromatic rings. The minimum Gasteiger partial charge on any atom is -0.494 e. The van der Waals surface area contributed by atoms with Crippen molar-refractivity contribution in [3.63, 3.8) is 0 Å². The third kappa shape index (κ3) is 5.70. The highest BCUT2D eigenvalue weighted by Gasteiger charge is 2.36. The quantitative estimate of drug-likeness (QED) is 0.559. The maximum Gasteiger partial charge on any atom is 0.294 e. The Morgan fingerprint density at radius 2 is 1.69 bits per heavy atom. The van der Waals surface area contributed by atoms with Crippen LogP contribution in [-0.2, 0) is 9.59 Å². The maximum absolute atomic E-state index is 12.7. The molecule has 0 aliphatic carbocycles. The number of nitrogens with zero attached hydrogens (tertiary/aromatic N) is 2. The van der Waals surface area contributed by atoms with E-state index in [9.17, 15) is 14.4 Å². The van der Waals surface area contributed by atoms with Crippen molar-refractivity contribution in [1.82, 2.24) is 4.90 Å². The molecule has 0 bridgehead atoms. The maximum atomic E-state index is 12.7. The smallest absolute Gasteiger partial charge is 0.294 e. The van der Waals surface area contributed by atoms with Crippen LogP contribution < -0.4 is 15.0 Å². The molecule has 8 heteroatoms. The highest BCUT2D eigenvalue weighted by Crippen LogP contribution is 2.32. The Labute approximate surface area is 192 Å². The standard InChI is InChI=1S/C24H27N3O4S/c1-4-26(5-2)19-11-7-17(8-12-19)15-21-23(29)27(24(30)32-21)16-22(28)25-18-9-13-20(14-10-18)31-6-3/h7-15H,4-6,16H2,1-3H3,(H,25,28)/b21-15+. The second kappa shape index (κ2) is 10.9. The molecule has 1 N–H and O–H groups in total. The van der Waals surface area contributed by atoms with Gasteiger partial charge in [-0.15, -0.1) is 0 Å². The fraction of sp³-hybridized carbons (Fsp3) is 0.292. The van der Waals surface area contributed by atoms with Gasteiger partial charge < -0.3 is 15.0 Å². The van der Waals surface area contributed by atoms with E-state index in [1.807, 2.05) is 31.2 Å². The van der Waals surface area contributed by atoms with Gasteiger partial charge in [0, 0.05) is 24.5 Å². The van der Waals surface area contributed by atoms with E-state index in [-0.39, 0.29) is 6.54 Å². The van der Waals surface area contributed by atoms with Crippen molar-refractivity contribution in [2.45, 2.75) is 20.8 Å². The van der Waals surface area contributed by atoms with E-state index < -0.39 is 17.1 Å². The molecule has 1 aliphatic heterocycles. The molecule has 1 fully saturated rings. The normalized spacial score (nSPS) is 14.7. The Kier molecular flexibility index (Phi) is 7.94. The molecule has 0 spiro atoms. The summed E-state index contributed by atoms with van der Waals surface area (Å²) in [5.41, 5.74) is 2.49. The molecule has 0 unspecified atom stereocenters. The summed E-state index contributed by atoms with van der Waals surface area (Å²) in [5.74, 6) is -0.206. The Morgan fingerprint density at radius 3 is 2.28 bits per heavy atom. The zero-order valence-corrected chi connectivity index (χ0v) is 19.3. The molecule has 0 radical (unpaired) electrons. The summed E-state index contributed by atoms with van der Waals surface area (Å²) in [5, 5.41) is 2.24. The minimum atomic E-state index is -0.463. The number of rotatable bonds is 9. The molecule has 0 atom stereocenters. The van der Waals surface area contributed by atoms with Crippen molar-refractivity contribution < 1.29 is 19.1 Å². The molecule has 7 nitrogen and oxygen atoms in total. The summed E-state index contributed by atoms with van der Waals surface area (Å²) < 4.78 is 5.37. The Bertz CT molecular complexity index is 999. The van der Waals surface area contributed by atoms with Crippen LogP contribution in [0.5, 0.6) is 5.75 Å². The van der Waals surface area contributed by atoms with Gasteiger partial charge in [0.2, 0.25) is 5.91 Å². The molecular weight excluding hydrogens is 426 g/mol. The number of imide groups is 1. The van der Waals surface area contributed by atoms with Crippen LogP contribution in [-0.4, -0.2) is 48.2 Å². The van der Waals surface area contributed by atoms with Crippen LogP contribution in [0, 0.1) is 0 Å². The van der Waals surface area contributed by atoms with Crippen LogP contribution in [0.15, 0.2) is 53.4 Å². The third-order valence-corrected chi connectivity index (χ3v) is 5.85. The van der Waals surface area contributed by atoms with Gasteiger partial charge in [0.1, 0.15) is 12.3 Å². The molecule has 0 aromatic heterocycles. The van der Waals surface area contributed by atoms with Crippen LogP contribution in [0.3, 0.4) is 0 Å². The zero-order chi connectivity index (χ0) is 23.1. The van der Waals surface area contributed by atoms with Gasteiger partial charge in [0.15, 0.2) is 0 Å². The van der Waals surface area contributed by atoms with E-state index in [1.54, 1.807) is 30.3 Å². The first-order valence-electron chi connectivity index (χ1n) is 10.6. The van der Waals surface area contributed by atoms with Crippen LogP contribution in [0.1, 0.15) is 26.3 Å². The molecule has 2 aromatic carbocycles. The summed E-state index contributed by atoms with van der Waals surface area (Å²) in [4.78, 5) is 40.9. The Balaban J connectivity index is 1.63. The van der Waals surface area contributed by atoms with Gasteiger partial charge in [-0.25, -0.2) is 0 Å². The lowest BCUT2D eigenvalue weighted by Crippen LogP contribution is -2.36. The van der Waals surface area contributed by atoms with Crippen molar-refractivity contribution in [3.8, 4) is 5.75 Å². The second-order valence-corrected chi connectivity index (χ2v) is 8.03. The van der Waals surface area contributed by atoms with Gasteiger partial charge >= 0.3 is 0 Å². The van der Waals surface area contributed by atoms with E-state index in [4.69, 9.17) is 4.74 Å². The van der Waals surface area contributed by atoms with Crippen LogP contribution >= 0.6 is 11.8 Å². The highest BCUT2D eigenvalue weighted by atomic mass is 32.2. The lowest BCUT2D eigenvalue weighted by atomic mass is 10.1. The van der Waals surface area contributed by atoms with E-state index in [0.29, 0.717) is 22.9 Å². The molecule has 1 saturated heterocycles. The topological polar surface area (TPSA) is 79.0 Å². The van der Waals surface area contributed by atoms with Gasteiger partial charge in [-0.2, -0.15) is 0 Å². The van der Waals surface area contributed by atoms with Gasteiger partial charge in [-0.1, -0.05) is 12.1 Å². The van der Waals surface area contributed by atoms with Crippen molar-refractivity contribution in [1.29, 1.82) is 0 Å². The number of anilines is 2. The number of ether oxygens (including phenoxy) is 1. The van der Waals surface area contributed by atoms with E-state index in [2.05, 4.69) is 24.1 Å². The molecule has 3 amide bonds. The van der Waals surface area contributed by atoms with Crippen molar-refractivity contribution in [3.05, 3.63) is 59.0 Å². The monoisotopic (exact) mass is 453 g/mol. The summed E-state index contributed by atoms with van der Waals surface area (Å²) in [7, 11) is 0. The highest BCUT2D eigenvalue weighted by molar-refractivity contribution is 8.18. The van der Waals surface area contributed by atoms with E-state index in [0.717, 1.165) is 41.0 Å². The van der Waals surface area contributed by atoms with Crippen molar-refractivity contribution in [2.75, 3.05) is 36.5 Å². The first kappa shape index (κ1) is 23.4. The first-order valence-corrected chi connectivity index (χ1v) is 11.4. The molecule has 3 rings (SSSR count). The lowest BCUT2D eigenvalue weighted by Gasteiger charge is -2.20. The Hall–Kier alpha value is -3.26. The number of nitrogens with one attached hydrogen (secondary N) is 1. The number of amides is 3. The molecule has 168 valence electrons. The van der Waals surface area contributed by atoms with Crippen molar-refractivity contribution in [2.24, 2.45) is 0 Å². The second-order valence-electron chi connectivity index (χ2n) is 7.04. The van der Waals surface area contributed by atoms with E-state index >= 15 is 0 Å². The average molecular weight is 454 g/mol. The zero-order valence-electron chi connectivity index (χ0n) is 18.5. The van der Waals surface area contributed by atoms with Crippen LogP contribution in [0.25, 0.3) is 6.08 Å². The molecule has 1 aliphatic rings. The fourth-order valence-corrected chi connectivity index (χ4v) is 4.14. The summed E-state index contributed by atoms with van der Waals surface area (Å²) in [6.07, 6.45) is 1.68. The van der Waals surface area contributed by atoms with Gasteiger partial charge in [0.05, 0.1) is 11.5 Å². The predicted octanol–water partition coefficient (Wildman–Crippen LogP) is 4.61. The number of hydrogen-bond donors (Lipinski definition) is 1. The summed E-state index contributed by atoms with van der Waals surface area (Å²) in [6, 6.07) is 14.7. The third-order valence-electron chi connectivity index (χ3n) is 4.94. The summed E-state index contributed by atoms with van der Waals surface area (Å²) >= 11 is 0.843.